The van der Waals surface area contributed by atoms with Crippen LogP contribution in [0, 0.1) is 0 Å². The SMILES string of the molecule is CCOC(=O)Cn1ccnc(O[n+]2ccccc2C(F)(F)CN)c1=O. The molecule has 8 nitrogen and oxygen atoms in total. The zero-order chi connectivity index (χ0) is 18.4. The standard InChI is InChI=1S/C15H17F2N4O4/c1-2-24-12(22)9-20-8-6-19-13(14(20)23)25-21-7-4-3-5-11(21)15(16,17)10-18/h3-8H,2,9-10,18H2,1H3/q+1. The first-order chi connectivity index (χ1) is 11.9. The summed E-state index contributed by atoms with van der Waals surface area (Å²) >= 11 is 0. The van der Waals surface area contributed by atoms with Crippen molar-refractivity contribution in [1.29, 1.82) is 0 Å². The summed E-state index contributed by atoms with van der Waals surface area (Å²) < 4.78 is 34.3. The van der Waals surface area contributed by atoms with E-state index in [1.54, 1.807) is 6.92 Å². The minimum Gasteiger partial charge on any atom is -0.465 e. The molecule has 0 aliphatic carbocycles. The second kappa shape index (κ2) is 7.79. The molecule has 0 spiro atoms. The number of alkyl halides is 2. The molecule has 0 amide bonds. The molecule has 0 aromatic carbocycles. The van der Waals surface area contributed by atoms with E-state index in [0.29, 0.717) is 4.73 Å². The second-order valence-corrected chi connectivity index (χ2v) is 4.88. The number of rotatable bonds is 7. The number of nitrogens with zero attached hydrogens (tertiary/aromatic N) is 3. The van der Waals surface area contributed by atoms with Crippen LogP contribution in [0.1, 0.15) is 12.6 Å². The van der Waals surface area contributed by atoms with E-state index in [9.17, 15) is 18.4 Å². The van der Waals surface area contributed by atoms with Crippen LogP contribution < -0.4 is 20.9 Å². The highest BCUT2D eigenvalue weighted by molar-refractivity contribution is 5.69. The third kappa shape index (κ3) is 4.35. The van der Waals surface area contributed by atoms with Gasteiger partial charge in [-0.15, -0.1) is 0 Å². The van der Waals surface area contributed by atoms with E-state index in [0.717, 1.165) is 10.6 Å². The van der Waals surface area contributed by atoms with Gasteiger partial charge < -0.3 is 10.5 Å². The summed E-state index contributed by atoms with van der Waals surface area (Å²) in [5.41, 5.74) is 3.77. The highest BCUT2D eigenvalue weighted by atomic mass is 19.3. The first-order valence-electron chi connectivity index (χ1n) is 7.37. The molecule has 0 fully saturated rings. The number of pyridine rings is 1. The normalized spacial score (nSPS) is 11.2. The van der Waals surface area contributed by atoms with Gasteiger partial charge in [0.05, 0.1) is 13.2 Å². The van der Waals surface area contributed by atoms with E-state index >= 15 is 0 Å². The maximum Gasteiger partial charge on any atom is 0.361 e. The highest BCUT2D eigenvalue weighted by Gasteiger charge is 2.41. The zero-order valence-corrected chi connectivity index (χ0v) is 13.4. The largest absolute Gasteiger partial charge is 0.465 e. The van der Waals surface area contributed by atoms with Crippen LogP contribution in [0.25, 0.3) is 0 Å². The number of carbonyl (C=O) groups is 1. The van der Waals surface area contributed by atoms with Crippen LogP contribution in [0.5, 0.6) is 5.88 Å². The molecule has 0 saturated heterocycles. The minimum atomic E-state index is -3.36. The van der Waals surface area contributed by atoms with Crippen LogP contribution in [0.2, 0.25) is 0 Å². The summed E-state index contributed by atoms with van der Waals surface area (Å²) in [5, 5.41) is 0. The molecule has 2 rings (SSSR count). The maximum atomic E-state index is 13.9. The average molecular weight is 355 g/mol. The minimum absolute atomic E-state index is 0.166. The van der Waals surface area contributed by atoms with Gasteiger partial charge in [-0.05, 0) is 13.0 Å². The molecule has 2 heterocycles. The van der Waals surface area contributed by atoms with Crippen molar-refractivity contribution in [2.24, 2.45) is 5.73 Å². The van der Waals surface area contributed by atoms with Crippen molar-refractivity contribution in [3.63, 3.8) is 0 Å². The van der Waals surface area contributed by atoms with E-state index in [4.69, 9.17) is 15.3 Å². The first kappa shape index (κ1) is 18.5. The zero-order valence-electron chi connectivity index (χ0n) is 13.4. The molecule has 2 aromatic heterocycles. The third-order valence-corrected chi connectivity index (χ3v) is 3.13. The molecule has 134 valence electrons. The van der Waals surface area contributed by atoms with Crippen molar-refractivity contribution in [2.45, 2.75) is 19.4 Å². The number of hydrogen-bond donors (Lipinski definition) is 1. The fraction of sp³-hybridized carbons (Fsp3) is 0.333. The van der Waals surface area contributed by atoms with E-state index in [-0.39, 0.29) is 13.2 Å². The fourth-order valence-corrected chi connectivity index (χ4v) is 1.95. The molecule has 25 heavy (non-hydrogen) atoms. The number of halogens is 2. The Balaban J connectivity index is 2.34. The maximum absolute atomic E-state index is 13.9. The summed E-state index contributed by atoms with van der Waals surface area (Å²) in [5.74, 6) is -4.46. The molecule has 0 unspecified atom stereocenters. The van der Waals surface area contributed by atoms with Crippen LogP contribution in [0.3, 0.4) is 0 Å². The van der Waals surface area contributed by atoms with Crippen LogP contribution in [0.4, 0.5) is 8.78 Å². The van der Waals surface area contributed by atoms with Gasteiger partial charge in [0.2, 0.25) is 6.20 Å². The van der Waals surface area contributed by atoms with Gasteiger partial charge in [0.25, 0.3) is 0 Å². The van der Waals surface area contributed by atoms with Crippen LogP contribution >= 0.6 is 0 Å². The van der Waals surface area contributed by atoms with Gasteiger partial charge in [0.1, 0.15) is 6.54 Å². The quantitative estimate of drug-likeness (QED) is 0.554. The molecular formula is C15H17F2N4O4+. The van der Waals surface area contributed by atoms with Crippen molar-refractivity contribution in [2.75, 3.05) is 13.2 Å². The molecule has 0 bridgehead atoms. The van der Waals surface area contributed by atoms with E-state index in [1.807, 2.05) is 0 Å². The van der Waals surface area contributed by atoms with Crippen molar-refractivity contribution < 1.29 is 27.9 Å². The molecule has 0 saturated carbocycles. The number of esters is 1. The Morgan fingerprint density at radius 2 is 2.20 bits per heavy atom. The second-order valence-electron chi connectivity index (χ2n) is 4.88. The number of carbonyl (C=O) groups excluding carboxylic acids is 1. The first-order valence-corrected chi connectivity index (χ1v) is 7.37. The number of aromatic nitrogens is 3. The van der Waals surface area contributed by atoms with Crippen molar-refractivity contribution in [1.82, 2.24) is 9.55 Å². The topological polar surface area (TPSA) is 100 Å². The van der Waals surface area contributed by atoms with Gasteiger partial charge in [-0.1, -0.05) is 0 Å². The molecule has 2 N–H and O–H groups in total. The molecule has 0 radical (unpaired) electrons. The third-order valence-electron chi connectivity index (χ3n) is 3.13. The van der Waals surface area contributed by atoms with Gasteiger partial charge in [-0.25, -0.2) is 9.82 Å². The Morgan fingerprint density at radius 1 is 1.44 bits per heavy atom. The Hall–Kier alpha value is -2.88. The Labute approximate surface area is 141 Å². The summed E-state index contributed by atoms with van der Waals surface area (Å²) in [4.78, 5) is 32.7. The average Bonchev–Trinajstić information content (AvgIpc) is 2.59. The smallest absolute Gasteiger partial charge is 0.361 e. The summed E-state index contributed by atoms with van der Waals surface area (Å²) in [6.07, 6.45) is 3.67. The lowest BCUT2D eigenvalue weighted by Crippen LogP contribution is -2.50. The van der Waals surface area contributed by atoms with Crippen molar-refractivity contribution >= 4 is 5.97 Å². The molecule has 10 heteroatoms. The Bertz CT molecular complexity index is 810. The summed E-state index contributed by atoms with van der Waals surface area (Å²) in [6.45, 7) is 0.513. The lowest BCUT2D eigenvalue weighted by molar-refractivity contribution is -0.885. The highest BCUT2D eigenvalue weighted by Crippen LogP contribution is 2.23. The fourth-order valence-electron chi connectivity index (χ4n) is 1.95. The Morgan fingerprint density at radius 3 is 2.88 bits per heavy atom. The van der Waals surface area contributed by atoms with Crippen molar-refractivity contribution in [3.05, 3.63) is 52.8 Å². The Kier molecular flexibility index (Phi) is 5.75. The lowest BCUT2D eigenvalue weighted by atomic mass is 10.2. The number of ether oxygens (including phenoxy) is 1. The van der Waals surface area contributed by atoms with Gasteiger partial charge in [0, 0.05) is 29.3 Å². The summed E-state index contributed by atoms with van der Waals surface area (Å²) in [7, 11) is 0. The van der Waals surface area contributed by atoms with Gasteiger partial charge in [0.15, 0.2) is 0 Å². The predicted octanol–water partition coefficient (Wildman–Crippen LogP) is -0.0135. The number of nitrogens with two attached hydrogens (primary N) is 1. The van der Waals surface area contributed by atoms with Crippen LogP contribution in [-0.4, -0.2) is 28.7 Å². The van der Waals surface area contributed by atoms with Gasteiger partial charge in [-0.3, -0.25) is 14.2 Å². The van der Waals surface area contributed by atoms with Crippen LogP contribution in [0.15, 0.2) is 41.6 Å². The van der Waals surface area contributed by atoms with E-state index in [1.165, 1.54) is 30.7 Å². The molecule has 2 aromatic rings. The van der Waals surface area contributed by atoms with Crippen molar-refractivity contribution in [3.8, 4) is 5.88 Å². The number of hydrogen-bond acceptors (Lipinski definition) is 6. The predicted molar refractivity (Wildman–Crippen MR) is 80.7 cm³/mol. The molecule has 0 aliphatic heterocycles. The molecule has 0 aliphatic rings. The molecular weight excluding hydrogens is 338 g/mol. The monoisotopic (exact) mass is 355 g/mol. The van der Waals surface area contributed by atoms with Gasteiger partial charge >= 0.3 is 29.0 Å². The van der Waals surface area contributed by atoms with E-state index < -0.39 is 35.6 Å². The van der Waals surface area contributed by atoms with Crippen LogP contribution in [-0.2, 0) is 22.0 Å². The lowest BCUT2D eigenvalue weighted by Gasteiger charge is -2.11. The summed E-state index contributed by atoms with van der Waals surface area (Å²) in [6, 6.07) is 3.94. The molecule has 0 atom stereocenters. The van der Waals surface area contributed by atoms with Gasteiger partial charge in [-0.2, -0.15) is 8.78 Å². The van der Waals surface area contributed by atoms with E-state index in [2.05, 4.69) is 4.98 Å².